The molecule has 6 heteroatoms. The molecule has 0 radical (unpaired) electrons. The average molecular weight is 328 g/mol. The second-order valence-electron chi connectivity index (χ2n) is 3.27. The average Bonchev–Trinajstić information content (AvgIpc) is 2.14. The number of carbonyl (C=O) groups is 1. The molecule has 0 unspecified atom stereocenters. The minimum absolute atomic E-state index is 0. The van der Waals surface area contributed by atoms with Gasteiger partial charge in [0.1, 0.15) is 6.54 Å². The van der Waals surface area contributed by atoms with Crippen molar-refractivity contribution in [2.75, 3.05) is 27.2 Å². The van der Waals surface area contributed by atoms with Gasteiger partial charge in [0.15, 0.2) is 5.96 Å². The van der Waals surface area contributed by atoms with E-state index in [1.54, 1.807) is 14.1 Å². The molecular formula is C9H21IN4O. The Morgan fingerprint density at radius 2 is 2.07 bits per heavy atom. The van der Waals surface area contributed by atoms with E-state index in [0.29, 0.717) is 5.96 Å². The first kappa shape index (κ1) is 16.9. The molecule has 0 aromatic heterocycles. The Labute approximate surface area is 109 Å². The summed E-state index contributed by atoms with van der Waals surface area (Å²) in [6.07, 6.45) is 2.16. The maximum Gasteiger partial charge on any atom is 0.243 e. The van der Waals surface area contributed by atoms with Gasteiger partial charge in [0.05, 0.1) is 0 Å². The molecule has 5 nitrogen and oxygen atoms in total. The number of halogens is 1. The summed E-state index contributed by atoms with van der Waals surface area (Å²) in [6.45, 7) is 3.02. The highest BCUT2D eigenvalue weighted by Gasteiger charge is 2.01. The Kier molecular flexibility index (Phi) is 11.3. The van der Waals surface area contributed by atoms with E-state index in [2.05, 4.69) is 17.2 Å². The number of carbonyl (C=O) groups excluding carboxylic acids is 1. The van der Waals surface area contributed by atoms with E-state index < -0.39 is 0 Å². The van der Waals surface area contributed by atoms with Crippen LogP contribution in [0.4, 0.5) is 0 Å². The fourth-order valence-corrected chi connectivity index (χ4v) is 0.743. The van der Waals surface area contributed by atoms with E-state index in [1.807, 2.05) is 0 Å². The van der Waals surface area contributed by atoms with Crippen molar-refractivity contribution < 1.29 is 4.79 Å². The van der Waals surface area contributed by atoms with E-state index >= 15 is 0 Å². The van der Waals surface area contributed by atoms with E-state index in [4.69, 9.17) is 5.73 Å². The number of rotatable bonds is 5. The molecule has 15 heavy (non-hydrogen) atoms. The molecule has 1 amide bonds. The van der Waals surface area contributed by atoms with Gasteiger partial charge in [-0.15, -0.1) is 24.0 Å². The monoisotopic (exact) mass is 328 g/mol. The van der Waals surface area contributed by atoms with Crippen molar-refractivity contribution in [3.05, 3.63) is 0 Å². The van der Waals surface area contributed by atoms with Gasteiger partial charge in [-0.05, 0) is 6.42 Å². The summed E-state index contributed by atoms with van der Waals surface area (Å²) in [6, 6.07) is 0. The fraction of sp³-hybridized carbons (Fsp3) is 0.778. The van der Waals surface area contributed by atoms with E-state index in [9.17, 15) is 4.79 Å². The molecule has 0 aliphatic rings. The lowest BCUT2D eigenvalue weighted by atomic mass is 10.3. The SMILES string of the molecule is CCCCNC(N)=NCC(=O)N(C)C.I. The molecule has 0 saturated carbocycles. The summed E-state index contributed by atoms with van der Waals surface area (Å²) in [4.78, 5) is 16.5. The van der Waals surface area contributed by atoms with Crippen LogP contribution in [0.3, 0.4) is 0 Å². The third-order valence-corrected chi connectivity index (χ3v) is 1.72. The molecule has 0 aromatic carbocycles. The number of nitrogens with one attached hydrogen (secondary N) is 1. The van der Waals surface area contributed by atoms with Crippen molar-refractivity contribution in [1.82, 2.24) is 10.2 Å². The van der Waals surface area contributed by atoms with Gasteiger partial charge >= 0.3 is 0 Å². The number of hydrogen-bond donors (Lipinski definition) is 2. The van der Waals surface area contributed by atoms with Crippen LogP contribution in [0.25, 0.3) is 0 Å². The van der Waals surface area contributed by atoms with Crippen molar-refractivity contribution in [1.29, 1.82) is 0 Å². The summed E-state index contributed by atoms with van der Waals surface area (Å²) in [5, 5.41) is 2.93. The summed E-state index contributed by atoms with van der Waals surface area (Å²) < 4.78 is 0. The molecule has 0 bridgehead atoms. The Morgan fingerprint density at radius 3 is 2.53 bits per heavy atom. The molecule has 0 aromatic rings. The lowest BCUT2D eigenvalue weighted by Crippen LogP contribution is -2.34. The molecule has 90 valence electrons. The van der Waals surface area contributed by atoms with Gasteiger partial charge in [0.25, 0.3) is 0 Å². The molecular weight excluding hydrogens is 307 g/mol. The molecule has 0 heterocycles. The Morgan fingerprint density at radius 1 is 1.47 bits per heavy atom. The summed E-state index contributed by atoms with van der Waals surface area (Å²) in [7, 11) is 3.39. The maximum absolute atomic E-state index is 11.1. The third kappa shape index (κ3) is 9.77. The first-order chi connectivity index (χ1) is 6.57. The van der Waals surface area contributed by atoms with Crippen LogP contribution in [0.15, 0.2) is 4.99 Å². The van der Waals surface area contributed by atoms with Crippen LogP contribution >= 0.6 is 24.0 Å². The van der Waals surface area contributed by atoms with Gasteiger partial charge in [0, 0.05) is 20.6 Å². The van der Waals surface area contributed by atoms with Gasteiger partial charge in [-0.1, -0.05) is 13.3 Å². The van der Waals surface area contributed by atoms with Crippen LogP contribution in [0.1, 0.15) is 19.8 Å². The zero-order chi connectivity index (χ0) is 11.0. The molecule has 0 fully saturated rings. The van der Waals surface area contributed by atoms with E-state index in [1.165, 1.54) is 4.90 Å². The zero-order valence-corrected chi connectivity index (χ0v) is 11.9. The highest BCUT2D eigenvalue weighted by Crippen LogP contribution is 1.83. The molecule has 0 saturated heterocycles. The standard InChI is InChI=1S/C9H20N4O.HI/c1-4-5-6-11-9(10)12-7-8(14)13(2)3;/h4-7H2,1-3H3,(H3,10,11,12);1H. The number of likely N-dealkylation sites (N-methyl/N-ethyl adjacent to an activating group) is 1. The van der Waals surface area contributed by atoms with Crippen molar-refractivity contribution in [2.45, 2.75) is 19.8 Å². The third-order valence-electron chi connectivity index (χ3n) is 1.72. The van der Waals surface area contributed by atoms with Gasteiger partial charge in [0.2, 0.25) is 5.91 Å². The van der Waals surface area contributed by atoms with Gasteiger partial charge in [-0.2, -0.15) is 0 Å². The van der Waals surface area contributed by atoms with Crippen LogP contribution < -0.4 is 11.1 Å². The predicted octanol–water partition coefficient (Wildman–Crippen LogP) is 0.397. The first-order valence-corrected chi connectivity index (χ1v) is 4.81. The van der Waals surface area contributed by atoms with Crippen LogP contribution in [-0.4, -0.2) is 44.0 Å². The smallest absolute Gasteiger partial charge is 0.243 e. The summed E-state index contributed by atoms with van der Waals surface area (Å²) in [5.74, 6) is 0.291. The van der Waals surface area contributed by atoms with Crippen molar-refractivity contribution in [2.24, 2.45) is 10.7 Å². The largest absolute Gasteiger partial charge is 0.370 e. The molecule has 0 aliphatic carbocycles. The van der Waals surface area contributed by atoms with Crippen molar-refractivity contribution >= 4 is 35.8 Å². The van der Waals surface area contributed by atoms with Crippen LogP contribution in [0.5, 0.6) is 0 Å². The number of nitrogens with zero attached hydrogens (tertiary/aromatic N) is 2. The number of aliphatic imine (C=N–C) groups is 1. The molecule has 0 aliphatic heterocycles. The number of nitrogens with two attached hydrogens (primary N) is 1. The normalized spacial score (nSPS) is 10.5. The Balaban J connectivity index is 0. The highest BCUT2D eigenvalue weighted by molar-refractivity contribution is 14.0. The number of guanidine groups is 1. The lowest BCUT2D eigenvalue weighted by molar-refractivity contribution is -0.127. The lowest BCUT2D eigenvalue weighted by Gasteiger charge is -2.08. The Bertz CT molecular complexity index is 206. The number of unbranched alkanes of at least 4 members (excludes halogenated alkanes) is 1. The minimum Gasteiger partial charge on any atom is -0.370 e. The second-order valence-corrected chi connectivity index (χ2v) is 3.27. The first-order valence-electron chi connectivity index (χ1n) is 4.81. The summed E-state index contributed by atoms with van der Waals surface area (Å²) in [5.41, 5.74) is 5.53. The van der Waals surface area contributed by atoms with E-state index in [-0.39, 0.29) is 36.4 Å². The quantitative estimate of drug-likeness (QED) is 0.332. The second kappa shape index (κ2) is 10.0. The topological polar surface area (TPSA) is 70.7 Å². The molecule has 0 atom stereocenters. The fourth-order valence-electron chi connectivity index (χ4n) is 0.743. The summed E-state index contributed by atoms with van der Waals surface area (Å²) >= 11 is 0. The molecule has 3 N–H and O–H groups in total. The van der Waals surface area contributed by atoms with Gasteiger partial charge < -0.3 is 16.0 Å². The van der Waals surface area contributed by atoms with E-state index in [0.717, 1.165) is 19.4 Å². The van der Waals surface area contributed by atoms with Crippen LogP contribution in [0, 0.1) is 0 Å². The van der Waals surface area contributed by atoms with Gasteiger partial charge in [-0.25, -0.2) is 4.99 Å². The maximum atomic E-state index is 11.1. The van der Waals surface area contributed by atoms with Crippen molar-refractivity contribution in [3.8, 4) is 0 Å². The Hall–Kier alpha value is -0.530. The number of hydrogen-bond acceptors (Lipinski definition) is 2. The molecule has 0 rings (SSSR count). The highest BCUT2D eigenvalue weighted by atomic mass is 127. The van der Waals surface area contributed by atoms with Gasteiger partial charge in [-0.3, -0.25) is 4.79 Å². The predicted molar refractivity (Wildman–Crippen MR) is 73.5 cm³/mol. The zero-order valence-electron chi connectivity index (χ0n) is 9.62. The minimum atomic E-state index is -0.0507. The molecule has 0 spiro atoms. The van der Waals surface area contributed by atoms with Crippen LogP contribution in [0.2, 0.25) is 0 Å². The number of amides is 1. The van der Waals surface area contributed by atoms with Crippen LogP contribution in [-0.2, 0) is 4.79 Å². The van der Waals surface area contributed by atoms with Crippen molar-refractivity contribution in [3.63, 3.8) is 0 Å².